The van der Waals surface area contributed by atoms with E-state index in [1.807, 2.05) is 0 Å². The highest BCUT2D eigenvalue weighted by molar-refractivity contribution is 5.75. The van der Waals surface area contributed by atoms with Crippen molar-refractivity contribution in [3.63, 3.8) is 0 Å². The molecule has 0 aliphatic carbocycles. The molecule has 0 aliphatic rings. The van der Waals surface area contributed by atoms with Crippen LogP contribution in [0.1, 0.15) is 111 Å². The lowest BCUT2D eigenvalue weighted by atomic mass is 9.99. The van der Waals surface area contributed by atoms with Gasteiger partial charge in [0.05, 0.1) is 39.1 Å². The molecule has 0 saturated heterocycles. The quantitative estimate of drug-likeness (QED) is 0.138. The van der Waals surface area contributed by atoms with Gasteiger partial charge in [-0.2, -0.15) is 0 Å². The van der Waals surface area contributed by atoms with E-state index in [-0.39, 0.29) is 5.91 Å². The summed E-state index contributed by atoms with van der Waals surface area (Å²) < 4.78 is 22.6. The summed E-state index contributed by atoms with van der Waals surface area (Å²) in [6, 6.07) is 0. The van der Waals surface area contributed by atoms with Gasteiger partial charge in [-0.05, 0) is 44.9 Å². The molecule has 0 aliphatic heterocycles. The van der Waals surface area contributed by atoms with Crippen LogP contribution < -0.4 is 5.32 Å². The first-order chi connectivity index (χ1) is 16.6. The van der Waals surface area contributed by atoms with E-state index in [0.29, 0.717) is 58.0 Å². The van der Waals surface area contributed by atoms with Crippen molar-refractivity contribution in [2.24, 2.45) is 5.92 Å². The van der Waals surface area contributed by atoms with Gasteiger partial charge in [-0.25, -0.2) is 0 Å². The fraction of sp³-hybridized carbons (Fsp3) is 0.964. The summed E-state index contributed by atoms with van der Waals surface area (Å²) in [5, 5.41) is 2.93. The van der Waals surface area contributed by atoms with Crippen molar-refractivity contribution in [3.05, 3.63) is 0 Å². The normalized spacial score (nSPS) is 12.4. The Morgan fingerprint density at radius 3 is 1.88 bits per heavy atom. The van der Waals surface area contributed by atoms with Crippen LogP contribution in [0.25, 0.3) is 0 Å². The average molecular weight is 488 g/mol. The van der Waals surface area contributed by atoms with Gasteiger partial charge in [0, 0.05) is 26.2 Å². The van der Waals surface area contributed by atoms with Crippen molar-refractivity contribution < 1.29 is 23.7 Å². The maximum atomic E-state index is 11.9. The van der Waals surface area contributed by atoms with E-state index in [1.165, 1.54) is 51.4 Å². The molecule has 0 aromatic rings. The molecule has 1 amide bonds. The molecule has 0 aromatic carbocycles. The molecule has 1 N–H and O–H groups in total. The molecule has 0 heterocycles. The molecule has 0 spiro atoms. The third-order valence-corrected chi connectivity index (χ3v) is 5.96. The third-order valence-electron chi connectivity index (χ3n) is 5.96. The standard InChI is InChI=1S/C28H57NO5/c1-5-14-26(4)34-19-13-11-9-8-10-12-17-28(30)29-18-20-31-21-22-32-23-24-33-25-27(15-6-2)16-7-3/h26-27H,5-25H2,1-4H3,(H,29,30). The molecular weight excluding hydrogens is 430 g/mol. The van der Waals surface area contributed by atoms with E-state index in [0.717, 1.165) is 38.9 Å². The van der Waals surface area contributed by atoms with Gasteiger partial charge in [0.1, 0.15) is 0 Å². The molecular formula is C28H57NO5. The van der Waals surface area contributed by atoms with Crippen LogP contribution in [0.15, 0.2) is 0 Å². The van der Waals surface area contributed by atoms with Crippen molar-refractivity contribution in [2.75, 3.05) is 52.8 Å². The van der Waals surface area contributed by atoms with Crippen molar-refractivity contribution in [1.29, 1.82) is 0 Å². The lowest BCUT2D eigenvalue weighted by molar-refractivity contribution is -0.121. The molecule has 0 fully saturated rings. The van der Waals surface area contributed by atoms with Gasteiger partial charge in [-0.3, -0.25) is 4.79 Å². The fourth-order valence-electron chi connectivity index (χ4n) is 4.04. The number of amides is 1. The summed E-state index contributed by atoms with van der Waals surface area (Å²) in [5.74, 6) is 0.808. The van der Waals surface area contributed by atoms with Crippen LogP contribution in [0.5, 0.6) is 0 Å². The lowest BCUT2D eigenvalue weighted by Gasteiger charge is -2.15. The van der Waals surface area contributed by atoms with Gasteiger partial charge < -0.3 is 24.3 Å². The molecule has 0 bridgehead atoms. The molecule has 0 saturated carbocycles. The number of carbonyl (C=O) groups is 1. The third kappa shape index (κ3) is 24.4. The SMILES string of the molecule is CCCC(CCC)COCCOCCOCCNC(=O)CCCCCCCCOC(C)CCC. The summed E-state index contributed by atoms with van der Waals surface area (Å²) in [5.41, 5.74) is 0. The minimum Gasteiger partial charge on any atom is -0.379 e. The first kappa shape index (κ1) is 33.3. The Hall–Kier alpha value is -0.690. The number of carbonyl (C=O) groups excluding carboxylic acids is 1. The van der Waals surface area contributed by atoms with Crippen LogP contribution in [0, 0.1) is 5.92 Å². The number of ether oxygens (including phenoxy) is 4. The van der Waals surface area contributed by atoms with E-state index < -0.39 is 0 Å². The predicted molar refractivity (Wildman–Crippen MR) is 141 cm³/mol. The molecule has 1 unspecified atom stereocenters. The highest BCUT2D eigenvalue weighted by Crippen LogP contribution is 2.13. The number of hydrogen-bond acceptors (Lipinski definition) is 5. The summed E-state index contributed by atoms with van der Waals surface area (Å²) in [7, 11) is 0. The van der Waals surface area contributed by atoms with Crippen LogP contribution in [-0.4, -0.2) is 64.8 Å². The zero-order chi connectivity index (χ0) is 25.1. The van der Waals surface area contributed by atoms with E-state index in [9.17, 15) is 4.79 Å². The molecule has 204 valence electrons. The lowest BCUT2D eigenvalue weighted by Crippen LogP contribution is -2.27. The Bertz CT molecular complexity index is 416. The van der Waals surface area contributed by atoms with Gasteiger partial charge in [-0.15, -0.1) is 0 Å². The second kappa shape index (κ2) is 26.9. The second-order valence-corrected chi connectivity index (χ2v) is 9.43. The van der Waals surface area contributed by atoms with Crippen LogP contribution in [0.2, 0.25) is 0 Å². The van der Waals surface area contributed by atoms with Gasteiger partial charge in [0.2, 0.25) is 5.91 Å². The summed E-state index contributed by atoms with van der Waals surface area (Å²) in [4.78, 5) is 11.9. The molecule has 6 heteroatoms. The summed E-state index contributed by atoms with van der Waals surface area (Å²) >= 11 is 0. The number of unbranched alkanes of at least 4 members (excludes halogenated alkanes) is 5. The first-order valence-electron chi connectivity index (χ1n) is 14.2. The van der Waals surface area contributed by atoms with Crippen molar-refractivity contribution >= 4 is 5.91 Å². The van der Waals surface area contributed by atoms with Gasteiger partial charge in [-0.1, -0.05) is 65.7 Å². The van der Waals surface area contributed by atoms with E-state index in [2.05, 4.69) is 33.0 Å². The summed E-state index contributed by atoms with van der Waals surface area (Å²) in [6.45, 7) is 14.0. The maximum absolute atomic E-state index is 11.9. The molecule has 0 radical (unpaired) electrons. The minimum absolute atomic E-state index is 0.125. The minimum atomic E-state index is 0.125. The number of rotatable bonds is 27. The first-order valence-corrected chi connectivity index (χ1v) is 14.2. The monoisotopic (exact) mass is 487 g/mol. The Kier molecular flexibility index (Phi) is 26.4. The molecule has 34 heavy (non-hydrogen) atoms. The highest BCUT2D eigenvalue weighted by atomic mass is 16.5. The van der Waals surface area contributed by atoms with Gasteiger partial charge >= 0.3 is 0 Å². The zero-order valence-electron chi connectivity index (χ0n) is 23.0. The average Bonchev–Trinajstić information content (AvgIpc) is 2.81. The Labute approximate surface area is 211 Å². The Balaban J connectivity index is 3.29. The molecule has 1 atom stereocenters. The summed E-state index contributed by atoms with van der Waals surface area (Å²) in [6.07, 6.45) is 15.1. The fourth-order valence-corrected chi connectivity index (χ4v) is 4.04. The van der Waals surface area contributed by atoms with Crippen molar-refractivity contribution in [1.82, 2.24) is 5.32 Å². The van der Waals surface area contributed by atoms with Crippen molar-refractivity contribution in [2.45, 2.75) is 117 Å². The topological polar surface area (TPSA) is 66.0 Å². The second-order valence-electron chi connectivity index (χ2n) is 9.43. The van der Waals surface area contributed by atoms with E-state index >= 15 is 0 Å². The van der Waals surface area contributed by atoms with Gasteiger partial charge in [0.25, 0.3) is 0 Å². The van der Waals surface area contributed by atoms with Crippen LogP contribution in [-0.2, 0) is 23.7 Å². The van der Waals surface area contributed by atoms with Gasteiger partial charge in [0.15, 0.2) is 0 Å². The Morgan fingerprint density at radius 2 is 1.24 bits per heavy atom. The molecule has 0 aromatic heterocycles. The zero-order valence-corrected chi connectivity index (χ0v) is 23.0. The van der Waals surface area contributed by atoms with E-state index in [4.69, 9.17) is 18.9 Å². The van der Waals surface area contributed by atoms with Crippen LogP contribution in [0.3, 0.4) is 0 Å². The van der Waals surface area contributed by atoms with E-state index in [1.54, 1.807) is 0 Å². The maximum Gasteiger partial charge on any atom is 0.220 e. The highest BCUT2D eigenvalue weighted by Gasteiger charge is 2.06. The largest absolute Gasteiger partial charge is 0.379 e. The molecule has 6 nitrogen and oxygen atoms in total. The predicted octanol–water partition coefficient (Wildman–Crippen LogP) is 6.30. The Morgan fingerprint density at radius 1 is 0.676 bits per heavy atom. The number of nitrogens with one attached hydrogen (secondary N) is 1. The van der Waals surface area contributed by atoms with Crippen molar-refractivity contribution in [3.8, 4) is 0 Å². The van der Waals surface area contributed by atoms with Crippen LogP contribution in [0.4, 0.5) is 0 Å². The number of hydrogen-bond donors (Lipinski definition) is 1. The smallest absolute Gasteiger partial charge is 0.220 e. The van der Waals surface area contributed by atoms with Crippen LogP contribution >= 0.6 is 0 Å². The molecule has 0 rings (SSSR count).